The van der Waals surface area contributed by atoms with Gasteiger partial charge in [-0.1, -0.05) is 0 Å². The van der Waals surface area contributed by atoms with E-state index in [1.54, 1.807) is 0 Å². The topological polar surface area (TPSA) is 59.0 Å². The first-order valence-electron chi connectivity index (χ1n) is 3.60. The minimum atomic E-state index is -4.57. The van der Waals surface area contributed by atoms with Crippen molar-refractivity contribution in [3.8, 4) is 0 Å². The number of ether oxygens (including phenoxy) is 1. The van der Waals surface area contributed by atoms with Crippen molar-refractivity contribution in [2.45, 2.75) is 26.3 Å². The van der Waals surface area contributed by atoms with Crippen LogP contribution in [0.3, 0.4) is 0 Å². The van der Waals surface area contributed by atoms with Crippen LogP contribution in [0, 0.1) is 4.91 Å². The molecule has 0 N–H and O–H groups in total. The number of nitrogens with zero attached hydrogens (tertiary/aromatic N) is 2. The van der Waals surface area contributed by atoms with Crippen LogP contribution in [0.1, 0.15) is 13.8 Å². The van der Waals surface area contributed by atoms with Gasteiger partial charge in [-0.05, 0) is 6.92 Å². The average Bonchev–Trinajstić information content (AvgIpc) is 1.96. The highest BCUT2D eigenvalue weighted by molar-refractivity contribution is 5.66. The van der Waals surface area contributed by atoms with Gasteiger partial charge < -0.3 is 4.74 Å². The van der Waals surface area contributed by atoms with Crippen LogP contribution in [0.15, 0.2) is 5.29 Å². The maximum Gasteiger partial charge on any atom is 0.407 e. The molecule has 0 aliphatic heterocycles. The van der Waals surface area contributed by atoms with Crippen molar-refractivity contribution >= 4 is 5.97 Å². The van der Waals surface area contributed by atoms with Gasteiger partial charge in [-0.15, -0.1) is 4.91 Å². The molecule has 0 aliphatic carbocycles. The highest BCUT2D eigenvalue weighted by Gasteiger charge is 2.34. The predicted octanol–water partition coefficient (Wildman–Crippen LogP) is 1.44. The molecule has 0 aliphatic rings. The molecule has 0 heterocycles. The Bertz CT molecular complexity index is 219. The van der Waals surface area contributed by atoms with Gasteiger partial charge in [-0.2, -0.15) is 13.2 Å². The molecular formula is C6H9F3N2O3. The molecule has 0 bridgehead atoms. The molecule has 82 valence electrons. The molecule has 0 fully saturated rings. The van der Waals surface area contributed by atoms with Gasteiger partial charge in [0.15, 0.2) is 6.23 Å². The SMILES string of the molecule is CC(=O)OC(C)N(CC(F)(F)F)N=O. The molecule has 0 rings (SSSR count). The van der Waals surface area contributed by atoms with E-state index in [0.717, 1.165) is 13.8 Å². The van der Waals surface area contributed by atoms with Crippen molar-refractivity contribution in [1.82, 2.24) is 5.01 Å². The summed E-state index contributed by atoms with van der Waals surface area (Å²) in [4.78, 5) is 20.4. The number of nitroso groups, excluding NO2 is 1. The lowest BCUT2D eigenvalue weighted by Gasteiger charge is -2.22. The maximum absolute atomic E-state index is 11.8. The van der Waals surface area contributed by atoms with E-state index in [0.29, 0.717) is 0 Å². The highest BCUT2D eigenvalue weighted by Crippen LogP contribution is 2.18. The molecule has 1 unspecified atom stereocenters. The van der Waals surface area contributed by atoms with Crippen molar-refractivity contribution < 1.29 is 22.7 Å². The van der Waals surface area contributed by atoms with Crippen LogP contribution in [0.25, 0.3) is 0 Å². The van der Waals surface area contributed by atoms with E-state index in [1.165, 1.54) is 0 Å². The Kier molecular flexibility index (Phi) is 4.32. The van der Waals surface area contributed by atoms with E-state index in [9.17, 15) is 22.9 Å². The molecule has 1 atom stereocenters. The smallest absolute Gasteiger partial charge is 0.407 e. The number of halogens is 3. The van der Waals surface area contributed by atoms with Gasteiger partial charge in [0.2, 0.25) is 0 Å². The van der Waals surface area contributed by atoms with E-state index in [-0.39, 0.29) is 5.01 Å². The molecular weight excluding hydrogens is 205 g/mol. The average molecular weight is 214 g/mol. The van der Waals surface area contributed by atoms with Crippen molar-refractivity contribution in [2.24, 2.45) is 5.29 Å². The molecule has 0 amide bonds. The quantitative estimate of drug-likeness (QED) is 0.307. The highest BCUT2D eigenvalue weighted by atomic mass is 19.4. The third kappa shape index (κ3) is 5.33. The third-order valence-corrected chi connectivity index (χ3v) is 1.20. The minimum absolute atomic E-state index is 0.0986. The van der Waals surface area contributed by atoms with Crippen molar-refractivity contribution in [3.05, 3.63) is 4.91 Å². The van der Waals surface area contributed by atoms with Crippen LogP contribution in [-0.2, 0) is 9.53 Å². The van der Waals surface area contributed by atoms with E-state index in [4.69, 9.17) is 0 Å². The predicted molar refractivity (Wildman–Crippen MR) is 39.8 cm³/mol. The lowest BCUT2D eigenvalue weighted by atomic mass is 10.5. The Morgan fingerprint density at radius 2 is 2.07 bits per heavy atom. The van der Waals surface area contributed by atoms with Crippen LogP contribution in [0.5, 0.6) is 0 Å². The molecule has 0 aromatic carbocycles. The van der Waals surface area contributed by atoms with Crippen LogP contribution >= 0.6 is 0 Å². The Morgan fingerprint density at radius 1 is 1.57 bits per heavy atom. The fraction of sp³-hybridized carbons (Fsp3) is 0.833. The normalized spacial score (nSPS) is 13.2. The Hall–Kier alpha value is -1.34. The van der Waals surface area contributed by atoms with Gasteiger partial charge >= 0.3 is 12.1 Å². The van der Waals surface area contributed by atoms with Crippen LogP contribution in [-0.4, -0.2) is 29.9 Å². The molecule has 5 nitrogen and oxygen atoms in total. The lowest BCUT2D eigenvalue weighted by Crippen LogP contribution is -2.38. The molecule has 0 radical (unpaired) electrons. The first-order chi connectivity index (χ1) is 6.26. The summed E-state index contributed by atoms with van der Waals surface area (Å²) < 4.78 is 39.8. The molecule has 14 heavy (non-hydrogen) atoms. The maximum atomic E-state index is 11.8. The van der Waals surface area contributed by atoms with E-state index >= 15 is 0 Å². The number of carbonyl (C=O) groups is 1. The Morgan fingerprint density at radius 3 is 2.36 bits per heavy atom. The van der Waals surface area contributed by atoms with Crippen LogP contribution in [0.2, 0.25) is 0 Å². The first kappa shape index (κ1) is 12.7. The lowest BCUT2D eigenvalue weighted by molar-refractivity contribution is -0.180. The summed E-state index contributed by atoms with van der Waals surface area (Å²) in [6.07, 6.45) is -5.89. The molecule has 0 spiro atoms. The standard InChI is InChI=1S/C6H9F3N2O3/c1-4(14-5(2)12)11(10-13)3-6(7,8)9/h4H,3H2,1-2H3. The van der Waals surface area contributed by atoms with E-state index < -0.39 is 24.9 Å². The molecule has 8 heteroatoms. The molecule has 0 aromatic rings. The van der Waals surface area contributed by atoms with Crippen LogP contribution < -0.4 is 0 Å². The summed E-state index contributed by atoms with van der Waals surface area (Å²) in [6.45, 7) is 0.590. The van der Waals surface area contributed by atoms with E-state index in [2.05, 4.69) is 10.0 Å². The summed E-state index contributed by atoms with van der Waals surface area (Å²) in [6, 6.07) is 0. The molecule has 0 saturated heterocycles. The van der Waals surface area contributed by atoms with Crippen molar-refractivity contribution in [1.29, 1.82) is 0 Å². The van der Waals surface area contributed by atoms with Gasteiger partial charge in [0.25, 0.3) is 0 Å². The number of carbonyl (C=O) groups excluding carboxylic acids is 1. The summed E-state index contributed by atoms with van der Waals surface area (Å²) >= 11 is 0. The van der Waals surface area contributed by atoms with Crippen molar-refractivity contribution in [2.75, 3.05) is 6.54 Å². The first-order valence-corrected chi connectivity index (χ1v) is 3.60. The summed E-state index contributed by atoms with van der Waals surface area (Å²) in [5.41, 5.74) is 0. The van der Waals surface area contributed by atoms with E-state index in [1.807, 2.05) is 0 Å². The zero-order valence-corrected chi connectivity index (χ0v) is 7.54. The number of esters is 1. The fourth-order valence-electron chi connectivity index (χ4n) is 0.709. The number of hydrogen-bond acceptors (Lipinski definition) is 4. The molecule has 0 aromatic heterocycles. The molecule has 0 saturated carbocycles. The summed E-state index contributed by atoms with van der Waals surface area (Å²) in [7, 11) is 0. The van der Waals surface area contributed by atoms with Crippen molar-refractivity contribution in [3.63, 3.8) is 0 Å². The number of alkyl halides is 3. The van der Waals surface area contributed by atoms with Gasteiger partial charge in [-0.3, -0.25) is 4.79 Å². The summed E-state index contributed by atoms with van der Waals surface area (Å²) in [5, 5.41) is 2.21. The zero-order chi connectivity index (χ0) is 11.4. The Balaban J connectivity index is 4.26. The van der Waals surface area contributed by atoms with Crippen LogP contribution in [0.4, 0.5) is 13.2 Å². The van der Waals surface area contributed by atoms with Gasteiger partial charge in [0.1, 0.15) is 6.54 Å². The van der Waals surface area contributed by atoms with Gasteiger partial charge in [0.05, 0.1) is 5.29 Å². The number of hydrogen-bond donors (Lipinski definition) is 0. The van der Waals surface area contributed by atoms with Gasteiger partial charge in [0, 0.05) is 6.92 Å². The fourth-order valence-corrected chi connectivity index (χ4v) is 0.709. The largest absolute Gasteiger partial charge is 0.440 e. The third-order valence-electron chi connectivity index (χ3n) is 1.20. The minimum Gasteiger partial charge on any atom is -0.440 e. The zero-order valence-electron chi connectivity index (χ0n) is 7.54. The monoisotopic (exact) mass is 214 g/mol. The second-order valence-electron chi connectivity index (χ2n) is 2.50. The summed E-state index contributed by atoms with van der Waals surface area (Å²) in [5.74, 6) is -0.784. The number of rotatable bonds is 4. The second kappa shape index (κ2) is 4.77. The van der Waals surface area contributed by atoms with Gasteiger partial charge in [-0.25, -0.2) is 5.01 Å². The second-order valence-corrected chi connectivity index (χ2v) is 2.50. The Labute approximate surface area is 77.8 Å².